The molecule has 1 heteroatoms. The standard InChI is InChI=1S/C5H6S/c1-2-4-6-5-3-1/h2-5H,1H2. The summed E-state index contributed by atoms with van der Waals surface area (Å²) in [5.41, 5.74) is 0. The van der Waals surface area contributed by atoms with E-state index in [1.165, 1.54) is 0 Å². The zero-order valence-corrected chi connectivity index (χ0v) is 4.24. The molecule has 1 rings (SSSR count). The molecule has 32 valence electrons. The molecule has 1 aliphatic heterocycles. The van der Waals surface area contributed by atoms with E-state index in [1.54, 1.807) is 11.8 Å². The monoisotopic (exact) mass is 98.0 g/mol. The van der Waals surface area contributed by atoms with E-state index in [4.69, 9.17) is 0 Å². The highest BCUT2D eigenvalue weighted by Crippen LogP contribution is 2.09. The van der Waals surface area contributed by atoms with Gasteiger partial charge in [0, 0.05) is 0 Å². The molecular formula is C5H6S. The van der Waals surface area contributed by atoms with Gasteiger partial charge in [0.2, 0.25) is 0 Å². The Morgan fingerprint density at radius 3 is 2.00 bits per heavy atom. The Morgan fingerprint density at radius 1 is 1.17 bits per heavy atom. The van der Waals surface area contributed by atoms with E-state index in [2.05, 4.69) is 23.0 Å². The van der Waals surface area contributed by atoms with E-state index in [1.807, 2.05) is 0 Å². The maximum absolute atomic E-state index is 2.14. The van der Waals surface area contributed by atoms with E-state index in [-0.39, 0.29) is 0 Å². The first-order valence-electron chi connectivity index (χ1n) is 1.95. The molecule has 0 bridgehead atoms. The highest BCUT2D eigenvalue weighted by atomic mass is 32.2. The Labute approximate surface area is 41.9 Å². The number of allylic oxidation sites excluding steroid dienone is 2. The van der Waals surface area contributed by atoms with Crippen molar-refractivity contribution in [3.8, 4) is 0 Å². The molecule has 0 unspecified atom stereocenters. The molecule has 1 heterocycles. The lowest BCUT2D eigenvalue weighted by Gasteiger charge is -1.87. The Hall–Kier alpha value is -0.170. The summed E-state index contributed by atoms with van der Waals surface area (Å²) >= 11 is 1.73. The maximum atomic E-state index is 2.14. The second-order valence-corrected chi connectivity index (χ2v) is 1.93. The third-order valence-corrected chi connectivity index (χ3v) is 1.32. The van der Waals surface area contributed by atoms with Gasteiger partial charge >= 0.3 is 0 Å². The summed E-state index contributed by atoms with van der Waals surface area (Å²) < 4.78 is 0. The van der Waals surface area contributed by atoms with Crippen molar-refractivity contribution in [2.75, 3.05) is 0 Å². The topological polar surface area (TPSA) is 0 Å². The molecular weight excluding hydrogens is 92.1 g/mol. The van der Waals surface area contributed by atoms with Gasteiger partial charge in [0.05, 0.1) is 0 Å². The van der Waals surface area contributed by atoms with Crippen molar-refractivity contribution in [2.45, 2.75) is 6.42 Å². The van der Waals surface area contributed by atoms with E-state index in [0.717, 1.165) is 6.42 Å². The van der Waals surface area contributed by atoms with Crippen molar-refractivity contribution in [2.24, 2.45) is 0 Å². The lowest BCUT2D eigenvalue weighted by atomic mass is 10.4. The molecule has 0 amide bonds. The van der Waals surface area contributed by atoms with Crippen LogP contribution in [-0.2, 0) is 0 Å². The molecule has 0 spiro atoms. The molecule has 0 radical (unpaired) electrons. The van der Waals surface area contributed by atoms with Crippen LogP contribution in [0, 0.1) is 0 Å². The summed E-state index contributed by atoms with van der Waals surface area (Å²) in [6, 6.07) is 0. The first-order chi connectivity index (χ1) is 3.00. The van der Waals surface area contributed by atoms with Crippen molar-refractivity contribution >= 4 is 11.8 Å². The van der Waals surface area contributed by atoms with Gasteiger partial charge in [0.15, 0.2) is 0 Å². The SMILES string of the molecule is C1=CSC=CC1. The van der Waals surface area contributed by atoms with Gasteiger partial charge in [-0.2, -0.15) is 0 Å². The minimum Gasteiger partial charge on any atom is -0.107 e. The molecule has 0 aromatic carbocycles. The Kier molecular flexibility index (Phi) is 1.39. The third kappa shape index (κ3) is 0.902. The van der Waals surface area contributed by atoms with Crippen LogP contribution in [0.5, 0.6) is 0 Å². The fraction of sp³-hybridized carbons (Fsp3) is 0.200. The van der Waals surface area contributed by atoms with Crippen LogP contribution in [0.3, 0.4) is 0 Å². The molecule has 6 heavy (non-hydrogen) atoms. The lowest BCUT2D eigenvalue weighted by molar-refractivity contribution is 1.41. The van der Waals surface area contributed by atoms with E-state index in [9.17, 15) is 0 Å². The molecule has 0 aromatic heterocycles. The largest absolute Gasteiger partial charge is 0.107 e. The Bertz CT molecular complexity index is 61.9. The minimum absolute atomic E-state index is 1.12. The van der Waals surface area contributed by atoms with Crippen LogP contribution in [0.2, 0.25) is 0 Å². The molecule has 0 atom stereocenters. The fourth-order valence-electron chi connectivity index (χ4n) is 0.346. The predicted octanol–water partition coefficient (Wildman–Crippen LogP) is 2.15. The molecule has 0 N–H and O–H groups in total. The second kappa shape index (κ2) is 2.08. The van der Waals surface area contributed by atoms with Crippen LogP contribution >= 0.6 is 11.8 Å². The van der Waals surface area contributed by atoms with Crippen LogP contribution in [0.4, 0.5) is 0 Å². The van der Waals surface area contributed by atoms with Crippen LogP contribution in [0.1, 0.15) is 6.42 Å². The van der Waals surface area contributed by atoms with Gasteiger partial charge in [-0.3, -0.25) is 0 Å². The smallest absolute Gasteiger partial charge is 0.0153 e. The van der Waals surface area contributed by atoms with Gasteiger partial charge in [-0.25, -0.2) is 0 Å². The zero-order chi connectivity index (χ0) is 4.24. The number of hydrogen-bond donors (Lipinski definition) is 0. The van der Waals surface area contributed by atoms with E-state index >= 15 is 0 Å². The average Bonchev–Trinajstić information content (AvgIpc) is 1.72. The van der Waals surface area contributed by atoms with E-state index < -0.39 is 0 Å². The first-order valence-corrected chi connectivity index (χ1v) is 2.90. The highest BCUT2D eigenvalue weighted by Gasteiger charge is 1.76. The number of rotatable bonds is 0. The molecule has 1 aliphatic rings. The van der Waals surface area contributed by atoms with Crippen molar-refractivity contribution in [3.05, 3.63) is 23.0 Å². The summed E-state index contributed by atoms with van der Waals surface area (Å²) in [5, 5.41) is 4.19. The van der Waals surface area contributed by atoms with Crippen molar-refractivity contribution in [3.63, 3.8) is 0 Å². The molecule has 0 fully saturated rings. The summed E-state index contributed by atoms with van der Waals surface area (Å²) in [6.07, 6.45) is 5.41. The summed E-state index contributed by atoms with van der Waals surface area (Å²) in [6.45, 7) is 0. The molecule has 0 aromatic rings. The molecule has 0 saturated heterocycles. The summed E-state index contributed by atoms with van der Waals surface area (Å²) in [5.74, 6) is 0. The van der Waals surface area contributed by atoms with Crippen molar-refractivity contribution in [1.29, 1.82) is 0 Å². The maximum Gasteiger partial charge on any atom is -0.0153 e. The van der Waals surface area contributed by atoms with Crippen LogP contribution < -0.4 is 0 Å². The lowest BCUT2D eigenvalue weighted by Crippen LogP contribution is -1.59. The molecule has 0 aliphatic carbocycles. The van der Waals surface area contributed by atoms with Gasteiger partial charge < -0.3 is 0 Å². The van der Waals surface area contributed by atoms with Gasteiger partial charge in [-0.1, -0.05) is 12.2 Å². The van der Waals surface area contributed by atoms with Crippen molar-refractivity contribution in [1.82, 2.24) is 0 Å². The number of thioether (sulfide) groups is 1. The average molecular weight is 98.2 g/mol. The number of hydrogen-bond acceptors (Lipinski definition) is 1. The van der Waals surface area contributed by atoms with Crippen LogP contribution in [-0.4, -0.2) is 0 Å². The van der Waals surface area contributed by atoms with Gasteiger partial charge in [-0.05, 0) is 17.2 Å². The third-order valence-electron chi connectivity index (χ3n) is 0.622. The minimum atomic E-state index is 1.12. The van der Waals surface area contributed by atoms with Gasteiger partial charge in [-0.15, -0.1) is 11.8 Å². The van der Waals surface area contributed by atoms with Gasteiger partial charge in [0.25, 0.3) is 0 Å². The van der Waals surface area contributed by atoms with Gasteiger partial charge in [0.1, 0.15) is 0 Å². The summed E-state index contributed by atoms with van der Waals surface area (Å²) in [7, 11) is 0. The predicted molar refractivity (Wildman–Crippen MR) is 30.5 cm³/mol. The van der Waals surface area contributed by atoms with Crippen LogP contribution in [0.15, 0.2) is 23.0 Å². The van der Waals surface area contributed by atoms with E-state index in [0.29, 0.717) is 0 Å². The molecule has 0 saturated carbocycles. The second-order valence-electron chi connectivity index (χ2n) is 1.12. The van der Waals surface area contributed by atoms with Crippen molar-refractivity contribution < 1.29 is 0 Å². The zero-order valence-electron chi connectivity index (χ0n) is 3.42. The molecule has 0 nitrogen and oxygen atoms in total. The Balaban J connectivity index is 2.40. The highest BCUT2D eigenvalue weighted by molar-refractivity contribution is 8.04. The first kappa shape index (κ1) is 4.00. The summed E-state index contributed by atoms with van der Waals surface area (Å²) in [4.78, 5) is 0. The fourth-order valence-corrected chi connectivity index (χ4v) is 0.881. The van der Waals surface area contributed by atoms with Crippen LogP contribution in [0.25, 0.3) is 0 Å². The Morgan fingerprint density at radius 2 is 1.83 bits per heavy atom. The normalized spacial score (nSPS) is 18.7. The quantitative estimate of drug-likeness (QED) is 0.447.